The van der Waals surface area contributed by atoms with Gasteiger partial charge < -0.3 is 10.6 Å². The second-order valence-electron chi connectivity index (χ2n) is 7.97. The van der Waals surface area contributed by atoms with Gasteiger partial charge >= 0.3 is 0 Å². The highest BCUT2D eigenvalue weighted by atomic mass is 35.5. The molecule has 0 radical (unpaired) electrons. The van der Waals surface area contributed by atoms with E-state index in [2.05, 4.69) is 17.6 Å². The van der Waals surface area contributed by atoms with Crippen LogP contribution in [0.3, 0.4) is 0 Å². The van der Waals surface area contributed by atoms with Crippen LogP contribution >= 0.6 is 12.4 Å². The van der Waals surface area contributed by atoms with Crippen LogP contribution in [0, 0.1) is 29.1 Å². The molecule has 0 saturated heterocycles. The molecule has 4 fully saturated rings. The maximum atomic E-state index is 12.3. The molecule has 21 heavy (non-hydrogen) atoms. The maximum absolute atomic E-state index is 12.3. The van der Waals surface area contributed by atoms with Gasteiger partial charge in [-0.05, 0) is 75.7 Å². The molecule has 4 heteroatoms. The van der Waals surface area contributed by atoms with Gasteiger partial charge in [0.1, 0.15) is 0 Å². The first-order valence-electron chi connectivity index (χ1n) is 8.47. The number of hydrogen-bond donors (Lipinski definition) is 2. The summed E-state index contributed by atoms with van der Waals surface area (Å²) < 4.78 is 0. The Labute approximate surface area is 135 Å². The molecule has 0 aliphatic heterocycles. The summed E-state index contributed by atoms with van der Waals surface area (Å²) >= 11 is 0. The van der Waals surface area contributed by atoms with Crippen molar-refractivity contribution < 1.29 is 4.79 Å². The van der Waals surface area contributed by atoms with Crippen molar-refractivity contribution >= 4 is 18.3 Å². The van der Waals surface area contributed by atoms with E-state index in [0.29, 0.717) is 11.5 Å². The first-order chi connectivity index (χ1) is 9.52. The zero-order valence-electron chi connectivity index (χ0n) is 13.7. The molecule has 4 saturated carbocycles. The molecule has 2 N–H and O–H groups in total. The van der Waals surface area contributed by atoms with Crippen molar-refractivity contribution in [1.82, 2.24) is 10.6 Å². The minimum Gasteiger partial charge on any atom is -0.353 e. The fraction of sp³-hybridized carbons (Fsp3) is 0.941. The van der Waals surface area contributed by atoms with Crippen LogP contribution in [0.5, 0.6) is 0 Å². The quantitative estimate of drug-likeness (QED) is 0.819. The van der Waals surface area contributed by atoms with Crippen LogP contribution < -0.4 is 10.6 Å². The third kappa shape index (κ3) is 3.24. The highest BCUT2D eigenvalue weighted by Crippen LogP contribution is 2.61. The molecule has 0 spiro atoms. The number of amides is 1. The molecule has 4 bridgehead atoms. The monoisotopic (exact) mass is 314 g/mol. The van der Waals surface area contributed by atoms with Gasteiger partial charge in [0, 0.05) is 18.5 Å². The van der Waals surface area contributed by atoms with Gasteiger partial charge in [-0.15, -0.1) is 12.4 Å². The predicted octanol–water partition coefficient (Wildman–Crippen LogP) is 2.98. The highest BCUT2D eigenvalue weighted by Gasteiger charge is 2.53. The Bertz CT molecular complexity index is 350. The van der Waals surface area contributed by atoms with Crippen molar-refractivity contribution in [1.29, 1.82) is 0 Å². The number of nitrogens with one attached hydrogen (secondary N) is 2. The number of rotatable bonds is 5. The summed E-state index contributed by atoms with van der Waals surface area (Å²) in [6.45, 7) is 5.04. The SMILES string of the molecule is CNCC(C)C(=O)NC(C)C12CC3CC(CC(C3)C1)C2.Cl. The molecule has 2 unspecified atom stereocenters. The van der Waals surface area contributed by atoms with E-state index >= 15 is 0 Å². The average molecular weight is 315 g/mol. The molecule has 3 nitrogen and oxygen atoms in total. The lowest BCUT2D eigenvalue weighted by Crippen LogP contribution is -2.56. The first kappa shape index (κ1) is 17.1. The van der Waals surface area contributed by atoms with Gasteiger partial charge in [0.2, 0.25) is 5.91 Å². The second kappa shape index (κ2) is 6.45. The average Bonchev–Trinajstić information content (AvgIpc) is 2.37. The Hall–Kier alpha value is -0.280. The van der Waals surface area contributed by atoms with Gasteiger partial charge in [0.25, 0.3) is 0 Å². The topological polar surface area (TPSA) is 41.1 Å². The van der Waals surface area contributed by atoms with Gasteiger partial charge in [-0.1, -0.05) is 6.92 Å². The minimum absolute atomic E-state index is 0. The number of hydrogen-bond acceptors (Lipinski definition) is 2. The summed E-state index contributed by atoms with van der Waals surface area (Å²) in [5.41, 5.74) is 0.420. The fourth-order valence-electron chi connectivity index (χ4n) is 5.62. The van der Waals surface area contributed by atoms with E-state index in [4.69, 9.17) is 0 Å². The van der Waals surface area contributed by atoms with Gasteiger partial charge in [0.05, 0.1) is 0 Å². The molecule has 0 aromatic rings. The lowest BCUT2D eigenvalue weighted by Gasteiger charge is -2.59. The van der Waals surface area contributed by atoms with Crippen LogP contribution in [0.2, 0.25) is 0 Å². The molecule has 1 amide bonds. The zero-order chi connectivity index (χ0) is 14.3. The van der Waals surface area contributed by atoms with Gasteiger partial charge in [-0.3, -0.25) is 4.79 Å². The Morgan fingerprint density at radius 2 is 1.57 bits per heavy atom. The molecule has 122 valence electrons. The molecule has 4 rings (SSSR count). The Balaban J connectivity index is 0.00000161. The molecule has 0 heterocycles. The summed E-state index contributed by atoms with van der Waals surface area (Å²) in [6.07, 6.45) is 8.49. The van der Waals surface area contributed by atoms with E-state index in [9.17, 15) is 4.79 Å². The van der Waals surface area contributed by atoms with Crippen LogP contribution in [0.15, 0.2) is 0 Å². The smallest absolute Gasteiger partial charge is 0.224 e. The maximum Gasteiger partial charge on any atom is 0.224 e. The lowest BCUT2D eigenvalue weighted by molar-refractivity contribution is -0.129. The van der Waals surface area contributed by atoms with E-state index in [1.807, 2.05) is 14.0 Å². The Kier molecular flexibility index (Phi) is 5.25. The number of carbonyl (C=O) groups is 1. The summed E-state index contributed by atoms with van der Waals surface area (Å²) in [5.74, 6) is 3.15. The van der Waals surface area contributed by atoms with Gasteiger partial charge in [-0.25, -0.2) is 0 Å². The fourth-order valence-corrected chi connectivity index (χ4v) is 5.62. The molecular weight excluding hydrogens is 284 g/mol. The summed E-state index contributed by atoms with van der Waals surface area (Å²) in [7, 11) is 1.91. The summed E-state index contributed by atoms with van der Waals surface area (Å²) in [6, 6.07) is 0.350. The van der Waals surface area contributed by atoms with Crippen molar-refractivity contribution in [2.75, 3.05) is 13.6 Å². The van der Waals surface area contributed by atoms with Crippen LogP contribution in [0.4, 0.5) is 0 Å². The third-order valence-corrected chi connectivity index (χ3v) is 6.32. The van der Waals surface area contributed by atoms with Crippen LogP contribution in [0.1, 0.15) is 52.4 Å². The largest absolute Gasteiger partial charge is 0.353 e. The summed E-state index contributed by atoms with van der Waals surface area (Å²) in [4.78, 5) is 12.3. The van der Waals surface area contributed by atoms with Gasteiger partial charge in [0.15, 0.2) is 0 Å². The van der Waals surface area contributed by atoms with Crippen molar-refractivity contribution in [3.8, 4) is 0 Å². The van der Waals surface area contributed by atoms with E-state index in [-0.39, 0.29) is 24.2 Å². The van der Waals surface area contributed by atoms with E-state index in [1.165, 1.54) is 38.5 Å². The first-order valence-corrected chi connectivity index (χ1v) is 8.47. The van der Waals surface area contributed by atoms with E-state index < -0.39 is 0 Å². The summed E-state index contributed by atoms with van der Waals surface area (Å²) in [5, 5.41) is 6.44. The molecule has 0 aromatic heterocycles. The Morgan fingerprint density at radius 3 is 2.00 bits per heavy atom. The van der Waals surface area contributed by atoms with Crippen molar-refractivity contribution in [3.05, 3.63) is 0 Å². The highest BCUT2D eigenvalue weighted by molar-refractivity contribution is 5.85. The number of carbonyl (C=O) groups excluding carboxylic acids is 1. The van der Waals surface area contributed by atoms with Crippen molar-refractivity contribution in [3.63, 3.8) is 0 Å². The molecule has 0 aromatic carbocycles. The molecule has 4 aliphatic carbocycles. The Morgan fingerprint density at radius 1 is 1.10 bits per heavy atom. The number of halogens is 1. The zero-order valence-corrected chi connectivity index (χ0v) is 14.5. The normalized spacial score (nSPS) is 39.5. The van der Waals surface area contributed by atoms with Crippen molar-refractivity contribution in [2.24, 2.45) is 29.1 Å². The van der Waals surface area contributed by atoms with Crippen LogP contribution in [0.25, 0.3) is 0 Å². The van der Waals surface area contributed by atoms with Crippen LogP contribution in [-0.2, 0) is 4.79 Å². The third-order valence-electron chi connectivity index (χ3n) is 6.32. The van der Waals surface area contributed by atoms with Crippen LogP contribution in [-0.4, -0.2) is 25.5 Å². The predicted molar refractivity (Wildman–Crippen MR) is 88.5 cm³/mol. The standard InChI is InChI=1S/C17H30N2O.ClH/c1-11(10-18-3)16(20)19-12(2)17-7-13-4-14(8-17)6-15(5-13)9-17;/h11-15,18H,4-10H2,1-3H3,(H,19,20);1H. The minimum atomic E-state index is 0. The lowest BCUT2D eigenvalue weighted by atomic mass is 9.48. The van der Waals surface area contributed by atoms with E-state index in [1.54, 1.807) is 0 Å². The molecule has 4 aliphatic rings. The van der Waals surface area contributed by atoms with E-state index in [0.717, 1.165) is 24.3 Å². The molecule has 2 atom stereocenters. The molecular formula is C17H31ClN2O. The second-order valence-corrected chi connectivity index (χ2v) is 7.97. The van der Waals surface area contributed by atoms with Gasteiger partial charge in [-0.2, -0.15) is 0 Å². The van der Waals surface area contributed by atoms with Crippen molar-refractivity contribution in [2.45, 2.75) is 58.4 Å².